The van der Waals surface area contributed by atoms with Crippen LogP contribution in [0.25, 0.3) is 0 Å². The number of hydrogen-bond donors (Lipinski definition) is 0. The molecule has 0 N–H and O–H groups in total. The Balaban J connectivity index is 0. The zero-order valence-corrected chi connectivity index (χ0v) is 11.3. The molecule has 0 aliphatic heterocycles. The maximum absolute atomic E-state index is 5.14. The molecule has 0 aliphatic carbocycles. The van der Waals surface area contributed by atoms with Crippen LogP contribution in [0.2, 0.25) is 5.04 Å². The van der Waals surface area contributed by atoms with Crippen LogP contribution in [-0.4, -0.2) is 16.9 Å². The first-order valence-corrected chi connectivity index (χ1v) is 6.13. The summed E-state index contributed by atoms with van der Waals surface area (Å²) in [5.41, 5.74) is 0. The molecule has 0 saturated carbocycles. The van der Waals surface area contributed by atoms with Gasteiger partial charge in [-0.15, -0.1) is 0 Å². The second-order valence-electron chi connectivity index (χ2n) is 4.68. The molecule has 1 nitrogen and oxygen atoms in total. The fraction of sp³-hybridized carbons (Fsp3) is 1.00. The van der Waals surface area contributed by atoms with Crippen molar-refractivity contribution < 1.29 is 4.43 Å². The molecule has 0 bridgehead atoms. The van der Waals surface area contributed by atoms with Crippen LogP contribution in [-0.2, 0) is 4.43 Å². The van der Waals surface area contributed by atoms with E-state index in [1.54, 1.807) is 0 Å². The molecular weight excluding hydrogens is 164 g/mol. The number of hydrogen-bond acceptors (Lipinski definition) is 1. The van der Waals surface area contributed by atoms with Crippen LogP contribution >= 0.6 is 0 Å². The van der Waals surface area contributed by atoms with E-state index in [-0.39, 0.29) is 9.76 Å². The molecule has 0 amide bonds. The van der Waals surface area contributed by atoms with E-state index < -0.39 is 0 Å². The summed E-state index contributed by atoms with van der Waals surface area (Å²) in [5.74, 6) is 0.833. The molecule has 0 fully saturated rings. The maximum Gasteiger partial charge on any atom is 0.166 e. The predicted molar refractivity (Wildman–Crippen MR) is 60.4 cm³/mol. The van der Waals surface area contributed by atoms with Crippen LogP contribution in [0.15, 0.2) is 0 Å². The monoisotopic (exact) mass is 190 g/mol. The van der Waals surface area contributed by atoms with Crippen molar-refractivity contribution in [3.63, 3.8) is 0 Å². The van der Waals surface area contributed by atoms with Gasteiger partial charge in [0.15, 0.2) is 9.76 Å². The lowest BCUT2D eigenvalue weighted by Gasteiger charge is -2.19. The second-order valence-corrected chi connectivity index (χ2v) is 7.46. The molecule has 0 aliphatic rings. The zero-order chi connectivity index (χ0) is 10.2. The van der Waals surface area contributed by atoms with E-state index >= 15 is 0 Å². The Hall–Kier alpha value is 0.177. The van der Waals surface area contributed by atoms with Crippen LogP contribution in [0, 0.1) is 5.92 Å². The molecular formula is C10H26OSi. The molecule has 0 saturated heterocycles. The summed E-state index contributed by atoms with van der Waals surface area (Å²) in [4.78, 5) is 0. The lowest BCUT2D eigenvalue weighted by Crippen LogP contribution is -2.12. The molecule has 12 heavy (non-hydrogen) atoms. The average molecular weight is 190 g/mol. The highest BCUT2D eigenvalue weighted by Crippen LogP contribution is 2.25. The Labute approximate surface area is 80.8 Å². The van der Waals surface area contributed by atoms with Gasteiger partial charge in [-0.1, -0.05) is 48.0 Å². The SMILES string of the molecule is CC(C)C.CCC(C)(C)[SiH2]OC. The zero-order valence-electron chi connectivity index (χ0n) is 9.90. The first-order valence-electron chi connectivity index (χ1n) is 4.84. The van der Waals surface area contributed by atoms with Gasteiger partial charge in [0.05, 0.1) is 0 Å². The van der Waals surface area contributed by atoms with E-state index in [2.05, 4.69) is 41.5 Å². The number of rotatable bonds is 3. The van der Waals surface area contributed by atoms with E-state index in [4.69, 9.17) is 4.43 Å². The Morgan fingerprint density at radius 1 is 1.25 bits per heavy atom. The highest BCUT2D eigenvalue weighted by Gasteiger charge is 2.14. The minimum Gasteiger partial charge on any atom is -0.427 e. The maximum atomic E-state index is 5.14. The third-order valence-electron chi connectivity index (χ3n) is 1.49. The van der Waals surface area contributed by atoms with Crippen LogP contribution in [0.3, 0.4) is 0 Å². The van der Waals surface area contributed by atoms with Gasteiger partial charge in [-0.3, -0.25) is 0 Å². The van der Waals surface area contributed by atoms with Crippen molar-refractivity contribution in [2.24, 2.45) is 5.92 Å². The molecule has 0 radical (unpaired) electrons. The summed E-state index contributed by atoms with van der Waals surface area (Å²) in [6, 6.07) is 0. The van der Waals surface area contributed by atoms with E-state index in [1.807, 2.05) is 7.11 Å². The fourth-order valence-electron chi connectivity index (χ4n) is 0.493. The van der Waals surface area contributed by atoms with Gasteiger partial charge in [0, 0.05) is 7.11 Å². The van der Waals surface area contributed by atoms with Gasteiger partial charge < -0.3 is 4.43 Å². The Kier molecular flexibility index (Phi) is 9.56. The standard InChI is InChI=1S/C6H16OSi.C4H10/c1-5-6(2,3)8-7-4;1-4(2)3/h5,8H2,1-4H3;4H,1-3H3. The van der Waals surface area contributed by atoms with Crippen LogP contribution in [0.5, 0.6) is 0 Å². The summed E-state index contributed by atoms with van der Waals surface area (Å²) < 4.78 is 5.14. The predicted octanol–water partition coefficient (Wildman–Crippen LogP) is 2.99. The van der Waals surface area contributed by atoms with E-state index in [0.29, 0.717) is 5.04 Å². The van der Waals surface area contributed by atoms with Crippen LogP contribution in [0.4, 0.5) is 0 Å². The van der Waals surface area contributed by atoms with Gasteiger partial charge in [-0.05, 0) is 11.0 Å². The van der Waals surface area contributed by atoms with Crippen molar-refractivity contribution in [2.45, 2.75) is 53.0 Å². The highest BCUT2D eigenvalue weighted by atomic mass is 28.2. The second kappa shape index (κ2) is 7.81. The fourth-order valence-corrected chi connectivity index (χ4v) is 1.48. The topological polar surface area (TPSA) is 9.23 Å². The molecule has 0 atom stereocenters. The molecule has 76 valence electrons. The van der Waals surface area contributed by atoms with Gasteiger partial charge in [-0.2, -0.15) is 0 Å². The van der Waals surface area contributed by atoms with Gasteiger partial charge in [-0.25, -0.2) is 0 Å². The van der Waals surface area contributed by atoms with Crippen molar-refractivity contribution in [3.8, 4) is 0 Å². The third-order valence-corrected chi connectivity index (χ3v) is 3.06. The van der Waals surface area contributed by atoms with Crippen molar-refractivity contribution in [1.82, 2.24) is 0 Å². The normalized spacial score (nSPS) is 12.0. The molecule has 0 heterocycles. The Bertz CT molecular complexity index is 87.1. The third kappa shape index (κ3) is 16.6. The Morgan fingerprint density at radius 3 is 1.67 bits per heavy atom. The van der Waals surface area contributed by atoms with Gasteiger partial charge >= 0.3 is 0 Å². The molecule has 0 spiro atoms. The van der Waals surface area contributed by atoms with Crippen LogP contribution in [0.1, 0.15) is 48.0 Å². The Morgan fingerprint density at radius 2 is 1.58 bits per heavy atom. The molecule has 2 heteroatoms. The largest absolute Gasteiger partial charge is 0.427 e. The quantitative estimate of drug-likeness (QED) is 0.622. The summed E-state index contributed by atoms with van der Waals surface area (Å²) in [6.07, 6.45) is 1.24. The smallest absolute Gasteiger partial charge is 0.166 e. The average Bonchev–Trinajstić information content (AvgIpc) is 1.86. The van der Waals surface area contributed by atoms with E-state index in [1.165, 1.54) is 6.42 Å². The summed E-state index contributed by atoms with van der Waals surface area (Å²) in [6.45, 7) is 13.2. The van der Waals surface area contributed by atoms with Crippen molar-refractivity contribution in [1.29, 1.82) is 0 Å². The molecule has 0 aromatic rings. The summed E-state index contributed by atoms with van der Waals surface area (Å²) in [5, 5.41) is 0.509. The first kappa shape index (κ1) is 14.7. The molecule has 0 rings (SSSR count). The van der Waals surface area contributed by atoms with Crippen molar-refractivity contribution in [3.05, 3.63) is 0 Å². The minimum atomic E-state index is -0.250. The van der Waals surface area contributed by atoms with Crippen molar-refractivity contribution in [2.75, 3.05) is 7.11 Å². The minimum absolute atomic E-state index is 0.250. The highest BCUT2D eigenvalue weighted by molar-refractivity contribution is 6.31. The van der Waals surface area contributed by atoms with Crippen LogP contribution < -0.4 is 0 Å². The van der Waals surface area contributed by atoms with E-state index in [0.717, 1.165) is 5.92 Å². The van der Waals surface area contributed by atoms with Crippen molar-refractivity contribution >= 4 is 9.76 Å². The van der Waals surface area contributed by atoms with Gasteiger partial charge in [0.25, 0.3) is 0 Å². The summed E-state index contributed by atoms with van der Waals surface area (Å²) >= 11 is 0. The first-order chi connectivity index (χ1) is 5.35. The molecule has 0 aromatic carbocycles. The lowest BCUT2D eigenvalue weighted by molar-refractivity contribution is 0.406. The summed E-state index contributed by atoms with van der Waals surface area (Å²) in [7, 11) is 1.56. The lowest BCUT2D eigenvalue weighted by atomic mass is 10.1. The van der Waals surface area contributed by atoms with Gasteiger partial charge in [0.1, 0.15) is 0 Å². The van der Waals surface area contributed by atoms with E-state index in [9.17, 15) is 0 Å². The molecule has 0 unspecified atom stereocenters. The molecule has 0 aromatic heterocycles. The van der Waals surface area contributed by atoms with Gasteiger partial charge in [0.2, 0.25) is 0 Å².